The molecule has 0 aliphatic rings. The largest absolute Gasteiger partial charge is 0.368 e. The van der Waals surface area contributed by atoms with Gasteiger partial charge < -0.3 is 5.73 Å². The molecular formula is C12H16F2N2O. The first kappa shape index (κ1) is 13.6. The Hall–Kier alpha value is -1.49. The molecule has 1 aromatic carbocycles. The van der Waals surface area contributed by atoms with Crippen LogP contribution in [0.2, 0.25) is 0 Å². The Kier molecular flexibility index (Phi) is 4.57. The fraction of sp³-hybridized carbons (Fsp3) is 0.417. The number of hydrogen-bond donors (Lipinski definition) is 2. The van der Waals surface area contributed by atoms with E-state index in [1.54, 1.807) is 13.8 Å². The average Bonchev–Trinajstić information content (AvgIpc) is 2.24. The zero-order valence-electron chi connectivity index (χ0n) is 9.84. The second-order valence-corrected chi connectivity index (χ2v) is 3.92. The molecule has 0 fully saturated rings. The number of carbonyl (C=O) groups is 1. The van der Waals surface area contributed by atoms with Crippen molar-refractivity contribution in [2.45, 2.75) is 32.4 Å². The summed E-state index contributed by atoms with van der Waals surface area (Å²) in [6.45, 7) is 3.50. The molecule has 17 heavy (non-hydrogen) atoms. The van der Waals surface area contributed by atoms with Crippen molar-refractivity contribution < 1.29 is 13.6 Å². The van der Waals surface area contributed by atoms with Gasteiger partial charge in [0.2, 0.25) is 5.91 Å². The predicted octanol–water partition coefficient (Wildman–Crippen LogP) is 1.88. The highest BCUT2D eigenvalue weighted by Gasteiger charge is 2.18. The van der Waals surface area contributed by atoms with Gasteiger partial charge >= 0.3 is 0 Å². The van der Waals surface area contributed by atoms with Gasteiger partial charge in [0.1, 0.15) is 11.6 Å². The minimum atomic E-state index is -0.635. The maximum atomic E-state index is 13.5. The summed E-state index contributed by atoms with van der Waals surface area (Å²) in [4.78, 5) is 11.0. The number of carbonyl (C=O) groups excluding carboxylic acids is 1. The lowest BCUT2D eigenvalue weighted by atomic mass is 10.1. The summed E-state index contributed by atoms with van der Waals surface area (Å²) >= 11 is 0. The standard InChI is InChI=1S/C12H16F2N2O/c1-3-11(12(15)17)16-7(2)9-5-4-8(13)6-10(9)14/h4-7,11,16H,3H2,1-2H3,(H2,15,17). The van der Waals surface area contributed by atoms with Gasteiger partial charge in [-0.05, 0) is 19.4 Å². The fourth-order valence-electron chi connectivity index (χ4n) is 1.65. The van der Waals surface area contributed by atoms with E-state index in [1.807, 2.05) is 0 Å². The van der Waals surface area contributed by atoms with Crippen molar-refractivity contribution in [3.8, 4) is 0 Å². The number of hydrogen-bond acceptors (Lipinski definition) is 2. The van der Waals surface area contributed by atoms with E-state index in [2.05, 4.69) is 5.32 Å². The number of amides is 1. The van der Waals surface area contributed by atoms with Gasteiger partial charge in [-0.25, -0.2) is 8.78 Å². The second-order valence-electron chi connectivity index (χ2n) is 3.92. The molecule has 0 aromatic heterocycles. The second kappa shape index (κ2) is 5.72. The van der Waals surface area contributed by atoms with Crippen LogP contribution >= 0.6 is 0 Å². The molecule has 0 radical (unpaired) electrons. The van der Waals surface area contributed by atoms with E-state index < -0.39 is 29.6 Å². The SMILES string of the molecule is CCC(NC(C)c1ccc(F)cc1F)C(N)=O. The van der Waals surface area contributed by atoms with E-state index in [-0.39, 0.29) is 0 Å². The topological polar surface area (TPSA) is 55.1 Å². The molecule has 0 saturated heterocycles. The van der Waals surface area contributed by atoms with Crippen molar-refractivity contribution in [3.05, 3.63) is 35.4 Å². The van der Waals surface area contributed by atoms with E-state index in [1.165, 1.54) is 12.1 Å². The van der Waals surface area contributed by atoms with Crippen LogP contribution in [0, 0.1) is 11.6 Å². The number of nitrogens with two attached hydrogens (primary N) is 1. The maximum Gasteiger partial charge on any atom is 0.234 e. The monoisotopic (exact) mass is 242 g/mol. The van der Waals surface area contributed by atoms with Crippen LogP contribution in [-0.2, 0) is 4.79 Å². The smallest absolute Gasteiger partial charge is 0.234 e. The van der Waals surface area contributed by atoms with E-state index in [4.69, 9.17) is 5.73 Å². The van der Waals surface area contributed by atoms with Gasteiger partial charge in [0.15, 0.2) is 0 Å². The van der Waals surface area contributed by atoms with Crippen molar-refractivity contribution in [2.24, 2.45) is 5.73 Å². The molecule has 2 unspecified atom stereocenters. The first-order valence-electron chi connectivity index (χ1n) is 5.46. The summed E-state index contributed by atoms with van der Waals surface area (Å²) in [6, 6.07) is 2.43. The van der Waals surface area contributed by atoms with E-state index in [0.717, 1.165) is 6.07 Å². The highest BCUT2D eigenvalue weighted by molar-refractivity contribution is 5.79. The number of nitrogens with one attached hydrogen (secondary N) is 1. The lowest BCUT2D eigenvalue weighted by Crippen LogP contribution is -2.42. The highest BCUT2D eigenvalue weighted by atomic mass is 19.1. The molecule has 1 amide bonds. The summed E-state index contributed by atoms with van der Waals surface area (Å²) in [6.07, 6.45) is 0.516. The molecule has 0 aliphatic heterocycles. The van der Waals surface area contributed by atoms with Crippen molar-refractivity contribution in [2.75, 3.05) is 0 Å². The van der Waals surface area contributed by atoms with E-state index >= 15 is 0 Å². The van der Waals surface area contributed by atoms with Gasteiger partial charge in [0.25, 0.3) is 0 Å². The molecule has 3 N–H and O–H groups in total. The molecule has 0 bridgehead atoms. The van der Waals surface area contributed by atoms with Crippen LogP contribution in [0.5, 0.6) is 0 Å². The molecule has 0 spiro atoms. The lowest BCUT2D eigenvalue weighted by Gasteiger charge is -2.20. The number of primary amides is 1. The minimum Gasteiger partial charge on any atom is -0.368 e. The molecule has 0 saturated carbocycles. The van der Waals surface area contributed by atoms with Crippen molar-refractivity contribution in [1.82, 2.24) is 5.32 Å². The molecule has 5 heteroatoms. The molecule has 1 rings (SSSR count). The van der Waals surface area contributed by atoms with Crippen LogP contribution in [0.15, 0.2) is 18.2 Å². The zero-order valence-corrected chi connectivity index (χ0v) is 9.84. The predicted molar refractivity (Wildman–Crippen MR) is 61.2 cm³/mol. The van der Waals surface area contributed by atoms with Gasteiger partial charge in [-0.15, -0.1) is 0 Å². The molecule has 2 atom stereocenters. The molecule has 0 aliphatic carbocycles. The Morgan fingerprint density at radius 2 is 2.12 bits per heavy atom. The first-order valence-corrected chi connectivity index (χ1v) is 5.46. The Bertz CT molecular complexity index is 409. The highest BCUT2D eigenvalue weighted by Crippen LogP contribution is 2.18. The van der Waals surface area contributed by atoms with Crippen LogP contribution < -0.4 is 11.1 Å². The summed E-state index contributed by atoms with van der Waals surface area (Å²) < 4.78 is 26.2. The van der Waals surface area contributed by atoms with Gasteiger partial charge in [-0.2, -0.15) is 0 Å². The third-order valence-corrected chi connectivity index (χ3v) is 2.63. The summed E-state index contributed by atoms with van der Waals surface area (Å²) in [7, 11) is 0. The molecule has 3 nitrogen and oxygen atoms in total. The summed E-state index contributed by atoms with van der Waals surface area (Å²) in [5.74, 6) is -1.74. The molecule has 0 heterocycles. The zero-order chi connectivity index (χ0) is 13.0. The fourth-order valence-corrected chi connectivity index (χ4v) is 1.65. The Morgan fingerprint density at radius 3 is 2.59 bits per heavy atom. The first-order chi connectivity index (χ1) is 7.95. The average molecular weight is 242 g/mol. The van der Waals surface area contributed by atoms with Crippen molar-refractivity contribution >= 4 is 5.91 Å². The van der Waals surface area contributed by atoms with Crippen LogP contribution in [0.4, 0.5) is 8.78 Å². The van der Waals surface area contributed by atoms with Crippen LogP contribution in [0.3, 0.4) is 0 Å². The molecule has 1 aromatic rings. The maximum absolute atomic E-state index is 13.5. The molecular weight excluding hydrogens is 226 g/mol. The van der Waals surface area contributed by atoms with Crippen LogP contribution in [0.1, 0.15) is 31.9 Å². The van der Waals surface area contributed by atoms with Crippen LogP contribution in [-0.4, -0.2) is 11.9 Å². The Balaban J connectivity index is 2.82. The third kappa shape index (κ3) is 3.49. The normalized spacial score (nSPS) is 14.4. The number of benzene rings is 1. The van der Waals surface area contributed by atoms with Gasteiger partial charge in [-0.3, -0.25) is 10.1 Å². The number of rotatable bonds is 5. The van der Waals surface area contributed by atoms with Gasteiger partial charge in [0.05, 0.1) is 6.04 Å². The van der Waals surface area contributed by atoms with Gasteiger partial charge in [0, 0.05) is 17.7 Å². The minimum absolute atomic E-state index is 0.311. The quantitative estimate of drug-likeness (QED) is 0.828. The Morgan fingerprint density at radius 1 is 1.47 bits per heavy atom. The number of halogens is 2. The van der Waals surface area contributed by atoms with E-state index in [0.29, 0.717) is 12.0 Å². The third-order valence-electron chi connectivity index (χ3n) is 2.63. The van der Waals surface area contributed by atoms with Crippen molar-refractivity contribution in [1.29, 1.82) is 0 Å². The Labute approximate surface area is 99.0 Å². The van der Waals surface area contributed by atoms with Crippen molar-refractivity contribution in [3.63, 3.8) is 0 Å². The lowest BCUT2D eigenvalue weighted by molar-refractivity contribution is -0.120. The van der Waals surface area contributed by atoms with E-state index in [9.17, 15) is 13.6 Å². The summed E-state index contributed by atoms with van der Waals surface area (Å²) in [5, 5.41) is 2.91. The van der Waals surface area contributed by atoms with Gasteiger partial charge in [-0.1, -0.05) is 13.0 Å². The van der Waals surface area contributed by atoms with Crippen LogP contribution in [0.25, 0.3) is 0 Å². The summed E-state index contributed by atoms with van der Waals surface area (Å²) in [5.41, 5.74) is 5.49. The molecule has 94 valence electrons.